The molecule has 1 aliphatic heterocycles. The molecule has 3 atom stereocenters. The molecule has 1 aliphatic rings. The van der Waals surface area contributed by atoms with Crippen molar-refractivity contribution in [1.29, 1.82) is 0 Å². The Morgan fingerprint density at radius 2 is 2.33 bits per heavy atom. The third-order valence-corrected chi connectivity index (χ3v) is 3.24. The lowest BCUT2D eigenvalue weighted by molar-refractivity contribution is -0.0239. The molecule has 0 bridgehead atoms. The number of nitrogens with two attached hydrogens (primary N) is 1. The monoisotopic (exact) mass is 250 g/mol. The highest BCUT2D eigenvalue weighted by Gasteiger charge is 2.35. The van der Waals surface area contributed by atoms with Crippen molar-refractivity contribution in [3.63, 3.8) is 0 Å². The Morgan fingerprint density at radius 3 is 3.06 bits per heavy atom. The summed E-state index contributed by atoms with van der Waals surface area (Å²) in [6.45, 7) is -0.196. The van der Waals surface area contributed by atoms with Gasteiger partial charge in [0.05, 0.1) is 18.4 Å². The summed E-state index contributed by atoms with van der Waals surface area (Å²) in [5.74, 6) is 0.397. The summed E-state index contributed by atoms with van der Waals surface area (Å²) in [6.07, 6.45) is 0.306. The molecule has 96 valence electrons. The highest BCUT2D eigenvalue weighted by molar-refractivity contribution is 5.65. The highest BCUT2D eigenvalue weighted by atomic mass is 16.5. The van der Waals surface area contributed by atoms with E-state index < -0.39 is 12.2 Å². The fraction of sp³-hybridized carbons (Fsp3) is 0.455. The smallest absolute Gasteiger partial charge is 0.151 e. The van der Waals surface area contributed by atoms with E-state index in [2.05, 4.69) is 10.1 Å². The molecule has 0 amide bonds. The van der Waals surface area contributed by atoms with E-state index in [0.717, 1.165) is 5.69 Å². The van der Waals surface area contributed by atoms with Crippen LogP contribution in [0.1, 0.15) is 18.2 Å². The van der Waals surface area contributed by atoms with Crippen LogP contribution in [0, 0.1) is 0 Å². The van der Waals surface area contributed by atoms with Gasteiger partial charge in [-0.3, -0.25) is 0 Å². The summed E-state index contributed by atoms with van der Waals surface area (Å²) in [5.41, 5.74) is 7.25. The van der Waals surface area contributed by atoms with Gasteiger partial charge >= 0.3 is 0 Å². The van der Waals surface area contributed by atoms with Gasteiger partial charge in [0.1, 0.15) is 24.1 Å². The quantitative estimate of drug-likeness (QED) is 0.663. The molecule has 0 aromatic carbocycles. The summed E-state index contributed by atoms with van der Waals surface area (Å²) >= 11 is 0. The molecule has 1 fully saturated rings. The first-order valence-electron chi connectivity index (χ1n) is 5.73. The number of aromatic nitrogens is 3. The Bertz CT molecular complexity index is 570. The molecule has 0 aliphatic carbocycles. The molecule has 2 aromatic rings. The lowest BCUT2D eigenvalue weighted by atomic mass is 10.1. The van der Waals surface area contributed by atoms with Crippen molar-refractivity contribution in [1.82, 2.24) is 14.6 Å². The number of ether oxygens (including phenoxy) is 1. The van der Waals surface area contributed by atoms with Crippen LogP contribution >= 0.6 is 0 Å². The Balaban J connectivity index is 1.99. The van der Waals surface area contributed by atoms with E-state index in [4.69, 9.17) is 15.6 Å². The number of hydrogen-bond acceptors (Lipinski definition) is 6. The molecule has 7 nitrogen and oxygen atoms in total. The standard InChI is InChI=1S/C11H14N4O3/c12-11-7-2-1-6(15(7)14-5-13-11)9-3-8(17)10(4-16)18-9/h1-2,5,8-10,16-17H,3-4H2,(H2,12,13,14)/t8-,9-,10?/m0/s1. The van der Waals surface area contributed by atoms with Crippen molar-refractivity contribution in [2.45, 2.75) is 24.7 Å². The van der Waals surface area contributed by atoms with Gasteiger partial charge in [-0.1, -0.05) is 0 Å². The van der Waals surface area contributed by atoms with Gasteiger partial charge in [0.15, 0.2) is 5.82 Å². The molecule has 7 heteroatoms. The van der Waals surface area contributed by atoms with Crippen LogP contribution in [0.5, 0.6) is 0 Å². The van der Waals surface area contributed by atoms with Gasteiger partial charge in [-0.2, -0.15) is 5.10 Å². The second-order valence-electron chi connectivity index (χ2n) is 4.35. The largest absolute Gasteiger partial charge is 0.394 e. The zero-order valence-corrected chi connectivity index (χ0v) is 9.60. The lowest BCUT2D eigenvalue weighted by Gasteiger charge is -2.11. The third kappa shape index (κ3) is 1.64. The van der Waals surface area contributed by atoms with Gasteiger partial charge in [-0.15, -0.1) is 0 Å². The Hall–Kier alpha value is -1.70. The van der Waals surface area contributed by atoms with Crippen molar-refractivity contribution in [2.24, 2.45) is 0 Å². The average molecular weight is 250 g/mol. The first kappa shape index (κ1) is 11.4. The Labute approximate surface area is 103 Å². The van der Waals surface area contributed by atoms with Crippen LogP contribution in [0.2, 0.25) is 0 Å². The van der Waals surface area contributed by atoms with Crippen molar-refractivity contribution in [3.8, 4) is 0 Å². The van der Waals surface area contributed by atoms with Crippen LogP contribution in [0.3, 0.4) is 0 Å². The number of nitrogens with zero attached hydrogens (tertiary/aromatic N) is 3. The molecule has 18 heavy (non-hydrogen) atoms. The molecule has 2 aromatic heterocycles. The second-order valence-corrected chi connectivity index (χ2v) is 4.35. The van der Waals surface area contributed by atoms with Crippen molar-refractivity contribution in [2.75, 3.05) is 12.3 Å². The third-order valence-electron chi connectivity index (χ3n) is 3.24. The average Bonchev–Trinajstić information content (AvgIpc) is 2.93. The molecule has 0 spiro atoms. The maximum absolute atomic E-state index is 9.73. The summed E-state index contributed by atoms with van der Waals surface area (Å²) in [5, 5.41) is 22.9. The number of aliphatic hydroxyl groups excluding tert-OH is 2. The normalized spacial score (nSPS) is 28.0. The van der Waals surface area contributed by atoms with Gasteiger partial charge in [-0.05, 0) is 12.1 Å². The Kier molecular flexibility index (Phi) is 2.66. The summed E-state index contributed by atoms with van der Waals surface area (Å²) in [7, 11) is 0. The minimum atomic E-state index is -0.662. The van der Waals surface area contributed by atoms with Crippen LogP contribution in [0.25, 0.3) is 5.52 Å². The lowest BCUT2D eigenvalue weighted by Crippen LogP contribution is -2.24. The minimum Gasteiger partial charge on any atom is -0.394 e. The van der Waals surface area contributed by atoms with Gasteiger partial charge in [-0.25, -0.2) is 9.50 Å². The number of rotatable bonds is 2. The molecule has 3 rings (SSSR count). The van der Waals surface area contributed by atoms with Gasteiger partial charge in [0.2, 0.25) is 0 Å². The molecule has 0 saturated carbocycles. The number of hydrogen-bond donors (Lipinski definition) is 3. The molecule has 3 heterocycles. The molecule has 1 unspecified atom stereocenters. The van der Waals surface area contributed by atoms with E-state index in [1.54, 1.807) is 4.52 Å². The molecular formula is C11H14N4O3. The second kappa shape index (κ2) is 4.20. The van der Waals surface area contributed by atoms with Crippen molar-refractivity contribution < 1.29 is 14.9 Å². The number of nitrogen functional groups attached to an aromatic ring is 1. The summed E-state index contributed by atoms with van der Waals surface area (Å²) in [4.78, 5) is 3.91. The van der Waals surface area contributed by atoms with Crippen LogP contribution in [0.15, 0.2) is 18.5 Å². The maximum atomic E-state index is 9.73. The molecule has 1 saturated heterocycles. The number of fused-ring (bicyclic) bond motifs is 1. The van der Waals surface area contributed by atoms with Crippen LogP contribution in [0.4, 0.5) is 5.82 Å². The molecule has 4 N–H and O–H groups in total. The Morgan fingerprint density at radius 1 is 1.50 bits per heavy atom. The summed E-state index contributed by atoms with van der Waals surface area (Å²) in [6, 6.07) is 3.66. The van der Waals surface area contributed by atoms with E-state index in [-0.39, 0.29) is 12.7 Å². The van der Waals surface area contributed by atoms with E-state index >= 15 is 0 Å². The first-order chi connectivity index (χ1) is 8.70. The van der Waals surface area contributed by atoms with Crippen molar-refractivity contribution in [3.05, 3.63) is 24.2 Å². The number of aliphatic hydroxyl groups is 2. The predicted molar refractivity (Wildman–Crippen MR) is 62.7 cm³/mol. The predicted octanol–water partition coefficient (Wildman–Crippen LogP) is -0.505. The fourth-order valence-corrected chi connectivity index (χ4v) is 2.30. The highest BCUT2D eigenvalue weighted by Crippen LogP contribution is 2.33. The summed E-state index contributed by atoms with van der Waals surface area (Å²) < 4.78 is 7.25. The van der Waals surface area contributed by atoms with Crippen LogP contribution in [-0.2, 0) is 4.74 Å². The van der Waals surface area contributed by atoms with Crippen LogP contribution in [-0.4, -0.2) is 43.6 Å². The van der Waals surface area contributed by atoms with E-state index in [1.165, 1.54) is 6.33 Å². The molecular weight excluding hydrogens is 236 g/mol. The van der Waals surface area contributed by atoms with Gasteiger partial charge < -0.3 is 20.7 Å². The SMILES string of the molecule is Nc1ncnn2c([C@@H]3C[C@H](O)C(CO)O3)ccc12. The van der Waals surface area contributed by atoms with Gasteiger partial charge in [0, 0.05) is 6.42 Å². The van der Waals surface area contributed by atoms with E-state index in [9.17, 15) is 5.11 Å². The van der Waals surface area contributed by atoms with Gasteiger partial charge in [0.25, 0.3) is 0 Å². The van der Waals surface area contributed by atoms with Crippen LogP contribution < -0.4 is 5.73 Å². The van der Waals surface area contributed by atoms with Crippen molar-refractivity contribution >= 4 is 11.3 Å². The van der Waals surface area contributed by atoms with E-state index in [1.807, 2.05) is 12.1 Å². The topological polar surface area (TPSA) is 106 Å². The maximum Gasteiger partial charge on any atom is 0.151 e. The zero-order valence-electron chi connectivity index (χ0n) is 9.60. The van der Waals surface area contributed by atoms with E-state index in [0.29, 0.717) is 17.8 Å². The minimum absolute atomic E-state index is 0.196. The zero-order chi connectivity index (χ0) is 12.7. The fourth-order valence-electron chi connectivity index (χ4n) is 2.30. The first-order valence-corrected chi connectivity index (χ1v) is 5.73. The number of anilines is 1. The molecule has 0 radical (unpaired) electrons.